The van der Waals surface area contributed by atoms with Crippen molar-refractivity contribution in [3.05, 3.63) is 46.1 Å². The van der Waals surface area contributed by atoms with E-state index < -0.39 is 10.0 Å². The van der Waals surface area contributed by atoms with E-state index in [2.05, 4.69) is 25.0 Å². The summed E-state index contributed by atoms with van der Waals surface area (Å²) in [7, 11) is -1.11. The largest absolute Gasteiger partial charge is 0.489 e. The van der Waals surface area contributed by atoms with Crippen molar-refractivity contribution in [2.45, 2.75) is 11.4 Å². The summed E-state index contributed by atoms with van der Waals surface area (Å²) in [6.07, 6.45) is 2.87. The number of hydrogen-bond acceptors (Lipinski definition) is 9. The van der Waals surface area contributed by atoms with Crippen LogP contribution in [0.5, 0.6) is 11.6 Å². The quantitative estimate of drug-likeness (QED) is 0.548. The molecule has 2 aromatic heterocycles. The lowest BCUT2D eigenvalue weighted by atomic mass is 10.3. The zero-order valence-corrected chi connectivity index (χ0v) is 17.2. The second-order valence-electron chi connectivity index (χ2n) is 5.33. The minimum atomic E-state index is -3.88. The summed E-state index contributed by atoms with van der Waals surface area (Å²) in [5.41, 5.74) is 0.754. The molecule has 2 N–H and O–H groups in total. The molecule has 0 bridgehead atoms. The zero-order valence-electron chi connectivity index (χ0n) is 14.8. The summed E-state index contributed by atoms with van der Waals surface area (Å²) in [5.74, 6) is 0.201. The van der Waals surface area contributed by atoms with Gasteiger partial charge in [0.05, 0.1) is 25.7 Å². The lowest BCUT2D eigenvalue weighted by molar-refractivity contribution is 0.342. The van der Waals surface area contributed by atoms with Gasteiger partial charge in [-0.25, -0.2) is 18.4 Å². The maximum atomic E-state index is 12.7. The molecule has 0 unspecified atom stereocenters. The van der Waals surface area contributed by atoms with Gasteiger partial charge in [0, 0.05) is 16.8 Å². The van der Waals surface area contributed by atoms with Crippen molar-refractivity contribution in [3.63, 3.8) is 0 Å². The summed E-state index contributed by atoms with van der Waals surface area (Å²) in [6.45, 7) is 0.534. The predicted molar refractivity (Wildman–Crippen MR) is 107 cm³/mol. The molecule has 0 saturated carbocycles. The van der Waals surface area contributed by atoms with E-state index in [0.29, 0.717) is 11.0 Å². The Hall–Kier alpha value is -2.63. The van der Waals surface area contributed by atoms with Crippen molar-refractivity contribution in [1.82, 2.24) is 15.0 Å². The molecule has 3 aromatic rings. The van der Waals surface area contributed by atoms with Gasteiger partial charge in [-0.15, -0.1) is 11.3 Å². The molecule has 0 atom stereocenters. The standard InChI is InChI=1S/C16H16ClN5O4S2/c1-25-13-14(20-9-21-15(13)26-2)22-28(23,24)12-5-3-10(4-6-12)18-7-11-8-19-16(17)27-11/h3-6,8-9,18H,7H2,1-2H3,(H,20,21,22). The first-order valence-corrected chi connectivity index (χ1v) is 10.5. The third kappa shape index (κ3) is 4.61. The molecule has 0 aliphatic heterocycles. The Morgan fingerprint density at radius 2 is 1.86 bits per heavy atom. The first kappa shape index (κ1) is 20.1. The molecule has 0 aliphatic rings. The van der Waals surface area contributed by atoms with Gasteiger partial charge in [0.25, 0.3) is 15.9 Å². The van der Waals surface area contributed by atoms with Crippen LogP contribution >= 0.6 is 22.9 Å². The number of benzene rings is 1. The predicted octanol–water partition coefficient (Wildman–Crippen LogP) is 3.02. The van der Waals surface area contributed by atoms with Crippen molar-refractivity contribution < 1.29 is 17.9 Å². The molecular formula is C16H16ClN5O4S2. The number of anilines is 2. The van der Waals surface area contributed by atoms with E-state index in [1.165, 1.54) is 44.0 Å². The van der Waals surface area contributed by atoms with Crippen LogP contribution in [-0.2, 0) is 16.6 Å². The second-order valence-corrected chi connectivity index (χ2v) is 8.71. The molecule has 0 fully saturated rings. The van der Waals surface area contributed by atoms with Gasteiger partial charge in [-0.05, 0) is 24.3 Å². The SMILES string of the molecule is COc1ncnc(NS(=O)(=O)c2ccc(NCc3cnc(Cl)s3)cc2)c1OC. The van der Waals surface area contributed by atoms with Gasteiger partial charge in [-0.3, -0.25) is 4.72 Å². The van der Waals surface area contributed by atoms with Crippen LogP contribution < -0.4 is 19.5 Å². The number of methoxy groups -OCH3 is 2. The van der Waals surface area contributed by atoms with Gasteiger partial charge >= 0.3 is 0 Å². The molecule has 9 nitrogen and oxygen atoms in total. The van der Waals surface area contributed by atoms with E-state index >= 15 is 0 Å². The van der Waals surface area contributed by atoms with E-state index in [1.54, 1.807) is 18.3 Å². The molecule has 0 radical (unpaired) electrons. The van der Waals surface area contributed by atoms with Crippen LogP contribution in [-0.4, -0.2) is 37.6 Å². The van der Waals surface area contributed by atoms with E-state index in [-0.39, 0.29) is 22.3 Å². The van der Waals surface area contributed by atoms with Crippen LogP contribution in [0.1, 0.15) is 4.88 Å². The first-order valence-electron chi connectivity index (χ1n) is 7.83. The topological polar surface area (TPSA) is 115 Å². The van der Waals surface area contributed by atoms with Crippen molar-refractivity contribution in [1.29, 1.82) is 0 Å². The van der Waals surface area contributed by atoms with Crippen LogP contribution in [0, 0.1) is 0 Å². The number of ether oxygens (including phenoxy) is 2. The molecule has 0 spiro atoms. The lowest BCUT2D eigenvalue weighted by Crippen LogP contribution is -2.15. The summed E-state index contributed by atoms with van der Waals surface area (Å²) in [4.78, 5) is 12.8. The van der Waals surface area contributed by atoms with Gasteiger partial charge < -0.3 is 14.8 Å². The van der Waals surface area contributed by atoms with E-state index in [0.717, 1.165) is 10.6 Å². The number of halogens is 1. The Labute approximate surface area is 170 Å². The number of hydrogen-bond donors (Lipinski definition) is 2. The fourth-order valence-corrected chi connectivity index (χ4v) is 4.18. The lowest BCUT2D eigenvalue weighted by Gasteiger charge is -2.13. The van der Waals surface area contributed by atoms with Gasteiger partial charge in [0.1, 0.15) is 6.33 Å². The molecule has 2 heterocycles. The maximum absolute atomic E-state index is 12.7. The van der Waals surface area contributed by atoms with Gasteiger partial charge in [0.15, 0.2) is 10.3 Å². The number of rotatable bonds is 8. The minimum Gasteiger partial charge on any atom is -0.489 e. The average Bonchev–Trinajstić information content (AvgIpc) is 3.11. The highest BCUT2D eigenvalue weighted by molar-refractivity contribution is 7.92. The van der Waals surface area contributed by atoms with E-state index in [1.807, 2.05) is 0 Å². The zero-order chi connectivity index (χ0) is 20.1. The molecular weight excluding hydrogens is 426 g/mol. The summed E-state index contributed by atoms with van der Waals surface area (Å²) in [5, 5.41) is 3.18. The third-order valence-corrected chi connectivity index (χ3v) is 6.03. The molecule has 0 saturated heterocycles. The highest BCUT2D eigenvalue weighted by Crippen LogP contribution is 2.32. The number of aromatic nitrogens is 3. The summed E-state index contributed by atoms with van der Waals surface area (Å²) in [6, 6.07) is 6.29. The molecule has 3 rings (SSSR count). The normalized spacial score (nSPS) is 11.1. The van der Waals surface area contributed by atoms with Gasteiger partial charge in [0.2, 0.25) is 5.75 Å². The van der Waals surface area contributed by atoms with Crippen LogP contribution in [0.15, 0.2) is 41.7 Å². The Bertz CT molecular complexity index is 1060. The van der Waals surface area contributed by atoms with Gasteiger partial charge in [-0.2, -0.15) is 4.98 Å². The smallest absolute Gasteiger partial charge is 0.263 e. The Balaban J connectivity index is 1.73. The Morgan fingerprint density at radius 1 is 1.11 bits per heavy atom. The molecule has 28 heavy (non-hydrogen) atoms. The molecule has 0 aliphatic carbocycles. The van der Waals surface area contributed by atoms with Crippen LogP contribution in [0.25, 0.3) is 0 Å². The number of sulfonamides is 1. The Morgan fingerprint density at radius 3 is 2.46 bits per heavy atom. The summed E-state index contributed by atoms with van der Waals surface area (Å²) >= 11 is 7.17. The minimum absolute atomic E-state index is 0.0152. The Kier molecular flexibility index (Phi) is 6.17. The van der Waals surface area contributed by atoms with Crippen molar-refractivity contribution >= 4 is 44.5 Å². The maximum Gasteiger partial charge on any atom is 0.263 e. The van der Waals surface area contributed by atoms with Crippen LogP contribution in [0.2, 0.25) is 4.47 Å². The van der Waals surface area contributed by atoms with Gasteiger partial charge in [-0.1, -0.05) is 11.6 Å². The third-order valence-electron chi connectivity index (χ3n) is 3.56. The van der Waals surface area contributed by atoms with Crippen molar-refractivity contribution in [2.75, 3.05) is 24.3 Å². The van der Waals surface area contributed by atoms with Crippen molar-refractivity contribution in [3.8, 4) is 11.6 Å². The monoisotopic (exact) mass is 441 g/mol. The molecule has 1 aromatic carbocycles. The summed E-state index contributed by atoms with van der Waals surface area (Å²) < 4.78 is 38.4. The fraction of sp³-hybridized carbons (Fsp3) is 0.188. The van der Waals surface area contributed by atoms with E-state index in [9.17, 15) is 8.42 Å². The fourth-order valence-electron chi connectivity index (χ4n) is 2.25. The highest BCUT2D eigenvalue weighted by Gasteiger charge is 2.20. The number of nitrogens with zero attached hydrogens (tertiary/aromatic N) is 3. The first-order chi connectivity index (χ1) is 13.4. The van der Waals surface area contributed by atoms with Crippen LogP contribution in [0.3, 0.4) is 0 Å². The molecule has 148 valence electrons. The molecule has 0 amide bonds. The van der Waals surface area contributed by atoms with E-state index in [4.69, 9.17) is 21.1 Å². The molecule has 12 heteroatoms. The van der Waals surface area contributed by atoms with Crippen molar-refractivity contribution in [2.24, 2.45) is 0 Å². The highest BCUT2D eigenvalue weighted by atomic mass is 35.5. The average molecular weight is 442 g/mol. The number of nitrogens with one attached hydrogen (secondary N) is 2. The second kappa shape index (κ2) is 8.59. The van der Waals surface area contributed by atoms with Crippen LogP contribution in [0.4, 0.5) is 11.5 Å². The number of thiazole rings is 1.